The third-order valence-corrected chi connectivity index (χ3v) is 3.48. The first kappa shape index (κ1) is 16.5. The highest BCUT2D eigenvalue weighted by molar-refractivity contribution is 5.92. The van der Waals surface area contributed by atoms with Crippen molar-refractivity contribution in [3.8, 4) is 5.75 Å². The van der Waals surface area contributed by atoms with Crippen LogP contribution in [-0.2, 0) is 16.1 Å². The van der Waals surface area contributed by atoms with Gasteiger partial charge in [0.25, 0.3) is 0 Å². The molecule has 0 bridgehead atoms. The van der Waals surface area contributed by atoms with Gasteiger partial charge >= 0.3 is 5.97 Å². The predicted molar refractivity (Wildman–Crippen MR) is 97.7 cm³/mol. The van der Waals surface area contributed by atoms with E-state index in [1.54, 1.807) is 18.2 Å². The van der Waals surface area contributed by atoms with Crippen LogP contribution in [0.4, 0.5) is 0 Å². The summed E-state index contributed by atoms with van der Waals surface area (Å²) >= 11 is 0. The van der Waals surface area contributed by atoms with Gasteiger partial charge in [-0.3, -0.25) is 0 Å². The molecule has 0 saturated heterocycles. The Morgan fingerprint density at radius 1 is 0.760 bits per heavy atom. The van der Waals surface area contributed by atoms with Crippen LogP contribution < -0.4 is 4.74 Å². The summed E-state index contributed by atoms with van der Waals surface area (Å²) in [6, 6.07) is 28.3. The number of carbonyl (C=O) groups excluding carboxylic acids is 1. The number of ether oxygens (including phenoxy) is 2. The zero-order valence-electron chi connectivity index (χ0n) is 13.7. The molecule has 124 valence electrons. The largest absolute Gasteiger partial charge is 0.455 e. The molecule has 3 heteroatoms. The molecular formula is C22H18O3. The molecular weight excluding hydrogens is 312 g/mol. The topological polar surface area (TPSA) is 35.5 Å². The average Bonchev–Trinajstić information content (AvgIpc) is 2.68. The van der Waals surface area contributed by atoms with Gasteiger partial charge in [0.05, 0.1) is 0 Å². The lowest BCUT2D eigenvalue weighted by molar-refractivity contribution is -0.142. The van der Waals surface area contributed by atoms with E-state index in [0.29, 0.717) is 5.75 Å². The maximum Gasteiger partial charge on any atom is 0.374 e. The number of carbonyl (C=O) groups is 1. The van der Waals surface area contributed by atoms with Crippen LogP contribution in [-0.4, -0.2) is 5.97 Å². The molecule has 0 aliphatic rings. The Morgan fingerprint density at radius 2 is 1.32 bits per heavy atom. The van der Waals surface area contributed by atoms with Crippen molar-refractivity contribution >= 4 is 12.0 Å². The Bertz CT molecular complexity index is 825. The number of para-hydroxylation sites is 1. The highest BCUT2D eigenvalue weighted by Crippen LogP contribution is 2.17. The first-order valence-corrected chi connectivity index (χ1v) is 8.02. The SMILES string of the molecule is O=C(OCc1ccccc1)C(=Cc1ccccc1)Oc1ccccc1. The summed E-state index contributed by atoms with van der Waals surface area (Å²) in [7, 11) is 0. The van der Waals surface area contributed by atoms with Crippen molar-refractivity contribution in [2.75, 3.05) is 0 Å². The van der Waals surface area contributed by atoms with E-state index in [0.717, 1.165) is 11.1 Å². The second kappa shape index (κ2) is 8.50. The van der Waals surface area contributed by atoms with E-state index in [4.69, 9.17) is 9.47 Å². The maximum atomic E-state index is 12.5. The minimum absolute atomic E-state index is 0.147. The molecule has 0 fully saturated rings. The van der Waals surface area contributed by atoms with Crippen LogP contribution in [0.2, 0.25) is 0 Å². The quantitative estimate of drug-likeness (QED) is 0.368. The summed E-state index contributed by atoms with van der Waals surface area (Å²) in [6.07, 6.45) is 1.68. The van der Waals surface area contributed by atoms with E-state index < -0.39 is 5.97 Å². The van der Waals surface area contributed by atoms with Crippen LogP contribution >= 0.6 is 0 Å². The van der Waals surface area contributed by atoms with Crippen LogP contribution in [0.25, 0.3) is 6.08 Å². The van der Waals surface area contributed by atoms with E-state index in [2.05, 4.69) is 0 Å². The Morgan fingerprint density at radius 3 is 1.96 bits per heavy atom. The number of esters is 1. The molecule has 3 rings (SSSR count). The van der Waals surface area contributed by atoms with Crippen molar-refractivity contribution < 1.29 is 14.3 Å². The lowest BCUT2D eigenvalue weighted by Crippen LogP contribution is -2.13. The van der Waals surface area contributed by atoms with Gasteiger partial charge in [-0.25, -0.2) is 4.79 Å². The van der Waals surface area contributed by atoms with Crippen molar-refractivity contribution in [2.24, 2.45) is 0 Å². The van der Waals surface area contributed by atoms with Crippen molar-refractivity contribution in [1.82, 2.24) is 0 Å². The molecule has 0 spiro atoms. The van der Waals surface area contributed by atoms with Gasteiger partial charge in [-0.05, 0) is 29.3 Å². The lowest BCUT2D eigenvalue weighted by atomic mass is 10.2. The first-order valence-electron chi connectivity index (χ1n) is 8.02. The molecule has 3 aromatic rings. The standard InChI is InChI=1S/C22H18O3/c23-22(24-17-19-12-6-2-7-13-19)21(16-18-10-4-1-5-11-18)25-20-14-8-3-9-15-20/h1-16H,17H2. The minimum Gasteiger partial charge on any atom is -0.455 e. The van der Waals surface area contributed by atoms with Crippen LogP contribution in [0.5, 0.6) is 5.75 Å². The second-order valence-corrected chi connectivity index (χ2v) is 5.40. The van der Waals surface area contributed by atoms with Crippen molar-refractivity contribution in [1.29, 1.82) is 0 Å². The van der Waals surface area contributed by atoms with Crippen molar-refractivity contribution in [2.45, 2.75) is 6.61 Å². The van der Waals surface area contributed by atoms with E-state index in [-0.39, 0.29) is 12.4 Å². The Hall–Kier alpha value is -3.33. The number of benzene rings is 3. The molecule has 0 aliphatic carbocycles. The molecule has 0 amide bonds. The van der Waals surface area contributed by atoms with Gasteiger partial charge in [-0.15, -0.1) is 0 Å². The van der Waals surface area contributed by atoms with Crippen molar-refractivity contribution in [3.63, 3.8) is 0 Å². The molecule has 0 heterocycles. The Labute approximate surface area is 147 Å². The number of hydrogen-bond acceptors (Lipinski definition) is 3. The van der Waals surface area contributed by atoms with Gasteiger partial charge in [0.1, 0.15) is 12.4 Å². The highest BCUT2D eigenvalue weighted by atomic mass is 16.6. The van der Waals surface area contributed by atoms with Crippen LogP contribution in [0, 0.1) is 0 Å². The molecule has 3 nitrogen and oxygen atoms in total. The predicted octanol–water partition coefficient (Wildman–Crippen LogP) is 4.85. The summed E-state index contributed by atoms with van der Waals surface area (Å²) in [6.45, 7) is 0.198. The van der Waals surface area contributed by atoms with Crippen LogP contribution in [0.15, 0.2) is 96.8 Å². The molecule has 0 radical (unpaired) electrons. The Balaban J connectivity index is 1.77. The summed E-state index contributed by atoms with van der Waals surface area (Å²) in [4.78, 5) is 12.5. The molecule has 0 N–H and O–H groups in total. The molecule has 3 aromatic carbocycles. The number of hydrogen-bond donors (Lipinski definition) is 0. The van der Waals surface area contributed by atoms with Gasteiger partial charge in [0.2, 0.25) is 5.76 Å². The molecule has 25 heavy (non-hydrogen) atoms. The lowest BCUT2D eigenvalue weighted by Gasteiger charge is -2.10. The van der Waals surface area contributed by atoms with Gasteiger partial charge in [-0.1, -0.05) is 78.9 Å². The van der Waals surface area contributed by atoms with Gasteiger partial charge < -0.3 is 9.47 Å². The molecule has 0 unspecified atom stereocenters. The smallest absolute Gasteiger partial charge is 0.374 e. The summed E-state index contributed by atoms with van der Waals surface area (Å²) in [5, 5.41) is 0. The van der Waals surface area contributed by atoms with Gasteiger partial charge in [-0.2, -0.15) is 0 Å². The third kappa shape index (κ3) is 5.08. The fourth-order valence-electron chi connectivity index (χ4n) is 2.24. The van der Waals surface area contributed by atoms with Crippen LogP contribution in [0.1, 0.15) is 11.1 Å². The zero-order chi connectivity index (χ0) is 17.3. The maximum absolute atomic E-state index is 12.5. The van der Waals surface area contributed by atoms with E-state index in [1.165, 1.54) is 0 Å². The zero-order valence-corrected chi connectivity index (χ0v) is 13.7. The average molecular weight is 330 g/mol. The summed E-state index contributed by atoms with van der Waals surface area (Å²) in [5.74, 6) is 0.228. The second-order valence-electron chi connectivity index (χ2n) is 5.40. The number of rotatable bonds is 6. The van der Waals surface area contributed by atoms with E-state index in [1.807, 2.05) is 78.9 Å². The van der Waals surface area contributed by atoms with Gasteiger partial charge in [0.15, 0.2) is 0 Å². The summed E-state index contributed by atoms with van der Waals surface area (Å²) in [5.41, 5.74) is 1.79. The highest BCUT2D eigenvalue weighted by Gasteiger charge is 2.14. The minimum atomic E-state index is -0.503. The van der Waals surface area contributed by atoms with Crippen LogP contribution in [0.3, 0.4) is 0 Å². The van der Waals surface area contributed by atoms with E-state index >= 15 is 0 Å². The molecule has 0 saturated carbocycles. The fourth-order valence-corrected chi connectivity index (χ4v) is 2.24. The summed E-state index contributed by atoms with van der Waals surface area (Å²) < 4.78 is 11.2. The first-order chi connectivity index (χ1) is 12.3. The third-order valence-electron chi connectivity index (χ3n) is 3.48. The Kier molecular flexibility index (Phi) is 5.62. The molecule has 0 aromatic heterocycles. The van der Waals surface area contributed by atoms with E-state index in [9.17, 15) is 4.79 Å². The normalized spacial score (nSPS) is 11.0. The fraction of sp³-hybridized carbons (Fsp3) is 0.0455. The van der Waals surface area contributed by atoms with Crippen molar-refractivity contribution in [3.05, 3.63) is 108 Å². The molecule has 0 atom stereocenters. The monoisotopic (exact) mass is 330 g/mol. The van der Waals surface area contributed by atoms with Gasteiger partial charge in [0, 0.05) is 0 Å². The molecule has 0 aliphatic heterocycles.